The highest BCUT2D eigenvalue weighted by Gasteiger charge is 2.36. The van der Waals surface area contributed by atoms with Gasteiger partial charge in [-0.15, -0.1) is 0 Å². The Balaban J connectivity index is 1.01. The molecule has 0 radical (unpaired) electrons. The van der Waals surface area contributed by atoms with Gasteiger partial charge in [-0.25, -0.2) is 0 Å². The first-order valence-electron chi connectivity index (χ1n) is 23.1. The van der Waals surface area contributed by atoms with Crippen molar-refractivity contribution in [2.24, 2.45) is 0 Å². The fourth-order valence-electron chi connectivity index (χ4n) is 10.9. The fourth-order valence-corrected chi connectivity index (χ4v) is 10.9. The number of ketones is 1. The second-order valence-corrected chi connectivity index (χ2v) is 18.5. The maximum Gasteiger partial charge on any atom is 0.193 e. The van der Waals surface area contributed by atoms with Crippen LogP contribution < -0.4 is 0 Å². The SMILES string of the molecule is CC1(C)c2ccccc2C(=O)c2ccc(-c3ccc4c(c3)c3cc(-n5c6ccc(-c7ccccc7)cc6c6cc(-c7cccc(-c8ccccc8)c7)ccc65)ccc3n4-c3ccccc3)cc21. The van der Waals surface area contributed by atoms with Gasteiger partial charge < -0.3 is 9.13 Å². The molecule has 0 fully saturated rings. The topological polar surface area (TPSA) is 26.9 Å². The first-order chi connectivity index (χ1) is 32.9. The molecule has 1 aliphatic carbocycles. The van der Waals surface area contributed by atoms with Crippen LogP contribution in [0.4, 0.5) is 0 Å². The first kappa shape index (κ1) is 38.9. The van der Waals surface area contributed by atoms with Crippen LogP contribution in [0.2, 0.25) is 0 Å². The normalized spacial score (nSPS) is 13.1. The number of para-hydroxylation sites is 1. The van der Waals surface area contributed by atoms with Crippen LogP contribution in [0, 0.1) is 0 Å². The second-order valence-electron chi connectivity index (χ2n) is 18.5. The van der Waals surface area contributed by atoms with Gasteiger partial charge in [0.05, 0.1) is 22.1 Å². The van der Waals surface area contributed by atoms with Crippen molar-refractivity contribution in [1.82, 2.24) is 9.13 Å². The van der Waals surface area contributed by atoms with Crippen LogP contribution in [0.1, 0.15) is 40.9 Å². The van der Waals surface area contributed by atoms with Gasteiger partial charge >= 0.3 is 0 Å². The van der Waals surface area contributed by atoms with Crippen LogP contribution in [-0.2, 0) is 5.41 Å². The minimum atomic E-state index is -0.324. The lowest BCUT2D eigenvalue weighted by Crippen LogP contribution is -2.30. The molecular formula is C64H44N2O. The molecule has 2 heterocycles. The number of fused-ring (bicyclic) bond motifs is 8. The highest BCUT2D eigenvalue weighted by molar-refractivity contribution is 6.15. The van der Waals surface area contributed by atoms with E-state index in [1.807, 2.05) is 24.3 Å². The lowest BCUT2D eigenvalue weighted by atomic mass is 9.68. The smallest absolute Gasteiger partial charge is 0.193 e. The zero-order valence-electron chi connectivity index (χ0n) is 37.2. The highest BCUT2D eigenvalue weighted by Crippen LogP contribution is 2.44. The lowest BCUT2D eigenvalue weighted by Gasteiger charge is -2.34. The van der Waals surface area contributed by atoms with E-state index >= 15 is 0 Å². The summed E-state index contributed by atoms with van der Waals surface area (Å²) in [5, 5.41) is 4.76. The molecule has 13 rings (SSSR count). The molecule has 0 saturated carbocycles. The van der Waals surface area contributed by atoms with Crippen LogP contribution in [0.5, 0.6) is 0 Å². The van der Waals surface area contributed by atoms with E-state index in [9.17, 15) is 4.79 Å². The van der Waals surface area contributed by atoms with Gasteiger partial charge in [0, 0.05) is 49.5 Å². The Labute approximate surface area is 389 Å². The monoisotopic (exact) mass is 856 g/mol. The van der Waals surface area contributed by atoms with E-state index in [0.29, 0.717) is 0 Å². The van der Waals surface area contributed by atoms with Gasteiger partial charge in [-0.05, 0) is 134 Å². The van der Waals surface area contributed by atoms with Crippen molar-refractivity contribution in [1.29, 1.82) is 0 Å². The molecule has 3 heteroatoms. The largest absolute Gasteiger partial charge is 0.309 e. The molecule has 0 unspecified atom stereocenters. The third-order valence-electron chi connectivity index (χ3n) is 14.3. The Bertz CT molecular complexity index is 3950. The Hall–Kier alpha value is -8.53. The van der Waals surface area contributed by atoms with Gasteiger partial charge in [-0.1, -0.05) is 166 Å². The van der Waals surface area contributed by atoms with Gasteiger partial charge in [-0.2, -0.15) is 0 Å². The molecule has 67 heavy (non-hydrogen) atoms. The maximum absolute atomic E-state index is 13.8. The van der Waals surface area contributed by atoms with Gasteiger partial charge in [0.25, 0.3) is 0 Å². The molecule has 0 N–H and O–H groups in total. The van der Waals surface area contributed by atoms with Crippen molar-refractivity contribution in [3.63, 3.8) is 0 Å². The predicted molar refractivity (Wildman–Crippen MR) is 279 cm³/mol. The van der Waals surface area contributed by atoms with E-state index in [1.54, 1.807) is 0 Å². The Morgan fingerprint density at radius 1 is 0.299 bits per heavy atom. The van der Waals surface area contributed by atoms with Gasteiger partial charge in [-0.3, -0.25) is 4.79 Å². The molecule has 3 nitrogen and oxygen atoms in total. The molecule has 12 aromatic rings. The Morgan fingerprint density at radius 3 is 1.30 bits per heavy atom. The summed E-state index contributed by atoms with van der Waals surface area (Å²) < 4.78 is 4.83. The maximum atomic E-state index is 13.8. The fraction of sp³-hybridized carbons (Fsp3) is 0.0469. The average Bonchev–Trinajstić information content (AvgIpc) is 3.90. The van der Waals surface area contributed by atoms with E-state index < -0.39 is 0 Å². The summed E-state index contributed by atoms with van der Waals surface area (Å²) in [6.45, 7) is 4.47. The Kier molecular flexibility index (Phi) is 8.72. The van der Waals surface area contributed by atoms with E-state index in [2.05, 4.69) is 229 Å². The molecule has 316 valence electrons. The summed E-state index contributed by atoms with van der Waals surface area (Å²) in [6.07, 6.45) is 0. The Morgan fingerprint density at radius 2 is 0.701 bits per heavy atom. The number of carbonyl (C=O) groups is 1. The zero-order chi connectivity index (χ0) is 44.8. The van der Waals surface area contributed by atoms with Crippen LogP contribution in [0.3, 0.4) is 0 Å². The van der Waals surface area contributed by atoms with Gasteiger partial charge in [0.15, 0.2) is 5.78 Å². The van der Waals surface area contributed by atoms with Crippen LogP contribution in [0.25, 0.3) is 99.5 Å². The summed E-state index contributed by atoms with van der Waals surface area (Å²) in [6, 6.07) is 83.0. The van der Waals surface area contributed by atoms with Crippen LogP contribution in [-0.4, -0.2) is 14.9 Å². The molecule has 1 aliphatic rings. The number of benzene rings is 10. The second kappa shape index (κ2) is 15.0. The number of hydrogen-bond acceptors (Lipinski definition) is 1. The van der Waals surface area contributed by atoms with Crippen molar-refractivity contribution in [2.45, 2.75) is 19.3 Å². The standard InChI is InChI=1S/C64H44N2O/c1-64(2)57-24-13-12-23-51(57)63(67)52-30-25-48(39-58(52)64)47-28-32-59-55(38-47)56-40-50(29-34-62(56)65(59)49-21-10-5-11-22-49)66-60-31-26-45(42-17-8-4-9-18-42)36-53(60)54-37-46(27-33-61(54)66)44-20-14-19-43(35-44)41-15-6-3-7-16-41/h3-40H,1-2H3. The van der Waals surface area contributed by atoms with Crippen LogP contribution in [0.15, 0.2) is 231 Å². The quantitative estimate of drug-likeness (QED) is 0.164. The number of hydrogen-bond donors (Lipinski definition) is 0. The summed E-state index contributed by atoms with van der Waals surface area (Å²) in [5.41, 5.74) is 19.6. The number of aromatic nitrogens is 2. The molecule has 0 bridgehead atoms. The van der Waals surface area contributed by atoms with Crippen molar-refractivity contribution in [3.05, 3.63) is 253 Å². The molecule has 0 aliphatic heterocycles. The van der Waals surface area contributed by atoms with E-state index in [1.165, 1.54) is 54.9 Å². The van der Waals surface area contributed by atoms with Crippen LogP contribution >= 0.6 is 0 Å². The minimum Gasteiger partial charge on any atom is -0.309 e. The van der Waals surface area contributed by atoms with Gasteiger partial charge in [0.1, 0.15) is 0 Å². The van der Waals surface area contributed by atoms with E-state index in [-0.39, 0.29) is 11.2 Å². The average molecular weight is 857 g/mol. The van der Waals surface area contributed by atoms with E-state index in [0.717, 1.165) is 66.8 Å². The van der Waals surface area contributed by atoms with Crippen molar-refractivity contribution in [2.75, 3.05) is 0 Å². The molecule has 0 spiro atoms. The molecule has 2 aromatic heterocycles. The lowest BCUT2D eigenvalue weighted by molar-refractivity contribution is 0.103. The molecule has 0 atom stereocenters. The number of nitrogens with zero attached hydrogens (tertiary/aromatic N) is 2. The molecule has 0 amide bonds. The van der Waals surface area contributed by atoms with Crippen molar-refractivity contribution >= 4 is 49.4 Å². The third kappa shape index (κ3) is 6.16. The van der Waals surface area contributed by atoms with Crippen molar-refractivity contribution in [3.8, 4) is 55.9 Å². The summed E-state index contributed by atoms with van der Waals surface area (Å²) >= 11 is 0. The third-order valence-corrected chi connectivity index (χ3v) is 14.3. The summed E-state index contributed by atoms with van der Waals surface area (Å²) in [4.78, 5) is 13.8. The number of carbonyl (C=O) groups excluding carboxylic acids is 1. The minimum absolute atomic E-state index is 0.0974. The predicted octanol–water partition coefficient (Wildman–Crippen LogP) is 16.4. The van der Waals surface area contributed by atoms with E-state index in [4.69, 9.17) is 0 Å². The molecule has 0 saturated heterocycles. The van der Waals surface area contributed by atoms with Crippen molar-refractivity contribution < 1.29 is 4.79 Å². The zero-order valence-corrected chi connectivity index (χ0v) is 37.2. The molecular weight excluding hydrogens is 813 g/mol. The number of rotatable bonds is 6. The highest BCUT2D eigenvalue weighted by atomic mass is 16.1. The van der Waals surface area contributed by atoms with Gasteiger partial charge in [0.2, 0.25) is 0 Å². The summed E-state index contributed by atoms with van der Waals surface area (Å²) in [5.74, 6) is 0.0974. The first-order valence-corrected chi connectivity index (χ1v) is 23.1. The molecule has 10 aromatic carbocycles. The summed E-state index contributed by atoms with van der Waals surface area (Å²) in [7, 11) is 0.